The van der Waals surface area contributed by atoms with Gasteiger partial charge in [0.05, 0.1) is 22.3 Å². The number of hydrogen-bond donors (Lipinski definition) is 1. The van der Waals surface area contributed by atoms with Gasteiger partial charge >= 0.3 is 17.9 Å². The molecule has 0 spiro atoms. The van der Waals surface area contributed by atoms with Gasteiger partial charge in [0.25, 0.3) is 0 Å². The minimum Gasteiger partial charge on any atom is -0.744 e. The first kappa shape index (κ1) is 29.5. The van der Waals surface area contributed by atoms with Gasteiger partial charge in [-0.25, -0.2) is 13.2 Å². The van der Waals surface area contributed by atoms with Crippen molar-refractivity contribution in [1.29, 1.82) is 0 Å². The normalized spacial score (nSPS) is 26.8. The monoisotopic (exact) mass is 795 g/mol. The molecule has 3 fully saturated rings. The Balaban J connectivity index is 1.44. The predicted molar refractivity (Wildman–Crippen MR) is 155 cm³/mol. The molecule has 10 nitrogen and oxygen atoms in total. The zero-order chi connectivity index (χ0) is 29.4. The van der Waals surface area contributed by atoms with Crippen LogP contribution in [0.1, 0.15) is 53.2 Å². The number of esters is 3. The van der Waals surface area contributed by atoms with Crippen molar-refractivity contribution in [2.45, 2.75) is 57.1 Å². The summed E-state index contributed by atoms with van der Waals surface area (Å²) in [6.45, 7) is 6.64. The summed E-state index contributed by atoms with van der Waals surface area (Å²) in [7, 11) is -4.75. The summed E-state index contributed by atoms with van der Waals surface area (Å²) >= 11 is 3.91. The molecule has 2 saturated carbocycles. The van der Waals surface area contributed by atoms with Crippen LogP contribution in [-0.4, -0.2) is 48.2 Å². The molecule has 6 atom stereocenters. The molecule has 0 aromatic heterocycles. The fourth-order valence-electron chi connectivity index (χ4n) is 6.17. The van der Waals surface area contributed by atoms with Gasteiger partial charge in [-0.3, -0.25) is 9.59 Å². The number of aromatic hydroxyl groups is 1. The lowest BCUT2D eigenvalue weighted by atomic mass is 9.78. The highest BCUT2D eigenvalue weighted by molar-refractivity contribution is 14.1. The Kier molecular flexibility index (Phi) is 7.66. The van der Waals surface area contributed by atoms with E-state index in [4.69, 9.17) is 14.2 Å². The number of fused-ring (bicyclic) bond motifs is 1. The number of rotatable bonds is 6. The van der Waals surface area contributed by atoms with Gasteiger partial charge in [0, 0.05) is 24.5 Å². The minimum atomic E-state index is -4.75. The van der Waals surface area contributed by atoms with Gasteiger partial charge < -0.3 is 23.9 Å². The third-order valence-corrected chi connectivity index (χ3v) is 11.2. The molecule has 1 aliphatic heterocycles. The maximum Gasteiger partial charge on any atom is 0.340 e. The predicted octanol–water partition coefficient (Wildman–Crippen LogP) is 4.18. The standard InChI is InChI=1S/C27H26I2O10S/c1-9(2)12-7-17(10(3)5-18(12)40(34,35)36)37-25(31)19-13-6-14-20(19)26(32)38-23(14)24(13)39-27(33)21-15(28)8-16(30)11(4)22(21)29/h5,7-9,13-14,19-20,23-24,30H,6H2,1-4H3,(H,34,35,36)/p-1. The summed E-state index contributed by atoms with van der Waals surface area (Å²) < 4.78 is 53.6. The SMILES string of the molecule is Cc1cc(S(=O)(=O)[O-])c(C(C)C)cc1OC(=O)C1C2CC3C(OC(=O)C31)C2OC(=O)c1c(I)cc(O)c(C)c1I. The maximum absolute atomic E-state index is 13.6. The third-order valence-electron chi connectivity index (χ3n) is 8.11. The zero-order valence-electron chi connectivity index (χ0n) is 21.8. The smallest absolute Gasteiger partial charge is 0.340 e. The Morgan fingerprint density at radius 2 is 1.82 bits per heavy atom. The van der Waals surface area contributed by atoms with Crippen molar-refractivity contribution < 1.29 is 46.7 Å². The van der Waals surface area contributed by atoms with Crippen LogP contribution in [0.2, 0.25) is 0 Å². The fourth-order valence-corrected chi connectivity index (χ4v) is 9.17. The van der Waals surface area contributed by atoms with E-state index in [9.17, 15) is 32.5 Å². The second-order valence-electron chi connectivity index (χ2n) is 10.8. The molecule has 1 heterocycles. The van der Waals surface area contributed by atoms with Crippen molar-refractivity contribution in [1.82, 2.24) is 0 Å². The van der Waals surface area contributed by atoms with Gasteiger partial charge in [-0.1, -0.05) is 13.8 Å². The van der Waals surface area contributed by atoms with Gasteiger partial charge in [0.1, 0.15) is 33.8 Å². The van der Waals surface area contributed by atoms with E-state index in [2.05, 4.69) is 0 Å². The van der Waals surface area contributed by atoms with E-state index in [0.29, 0.717) is 19.1 Å². The maximum atomic E-state index is 13.6. The molecule has 40 heavy (non-hydrogen) atoms. The number of phenols is 1. The Bertz CT molecular complexity index is 1570. The summed E-state index contributed by atoms with van der Waals surface area (Å²) in [5.41, 5.74) is 1.31. The molecule has 0 amide bonds. The molecule has 3 aliphatic rings. The van der Waals surface area contributed by atoms with Crippen molar-refractivity contribution in [3.63, 3.8) is 0 Å². The average molecular weight is 795 g/mol. The lowest BCUT2D eigenvalue weighted by Gasteiger charge is -2.30. The summed E-state index contributed by atoms with van der Waals surface area (Å²) in [5, 5.41) is 10.1. The largest absolute Gasteiger partial charge is 0.744 e. The van der Waals surface area contributed by atoms with E-state index in [1.54, 1.807) is 20.8 Å². The van der Waals surface area contributed by atoms with Gasteiger partial charge in [-0.2, -0.15) is 0 Å². The number of carbonyl (C=O) groups is 3. The van der Waals surface area contributed by atoms with E-state index in [-0.39, 0.29) is 44.9 Å². The Morgan fingerprint density at radius 3 is 2.45 bits per heavy atom. The molecule has 0 radical (unpaired) electrons. The molecule has 214 valence electrons. The van der Waals surface area contributed by atoms with Crippen LogP contribution < -0.4 is 4.74 Å². The fraction of sp³-hybridized carbons (Fsp3) is 0.444. The Morgan fingerprint density at radius 1 is 1.15 bits per heavy atom. The van der Waals surface area contributed by atoms with Crippen LogP contribution >= 0.6 is 45.2 Å². The number of hydrogen-bond acceptors (Lipinski definition) is 10. The Hall–Kier alpha value is -1.98. The summed E-state index contributed by atoms with van der Waals surface area (Å²) in [6, 6.07) is 4.03. The molecule has 2 aliphatic carbocycles. The first-order valence-corrected chi connectivity index (χ1v) is 16.1. The van der Waals surface area contributed by atoms with Crippen LogP contribution in [0.5, 0.6) is 11.5 Å². The lowest BCUT2D eigenvalue weighted by Crippen LogP contribution is -2.44. The number of carbonyl (C=O) groups excluding carboxylic acids is 3. The molecule has 13 heteroatoms. The Labute approximate surface area is 258 Å². The molecular formula is C27H25I2O10S-. The third kappa shape index (κ3) is 4.79. The first-order chi connectivity index (χ1) is 18.6. The van der Waals surface area contributed by atoms with Crippen LogP contribution in [0.3, 0.4) is 0 Å². The molecule has 2 aromatic carbocycles. The lowest BCUT2D eigenvalue weighted by molar-refractivity contribution is -0.149. The van der Waals surface area contributed by atoms with Crippen molar-refractivity contribution in [2.24, 2.45) is 23.7 Å². The average Bonchev–Trinajstić information content (AvgIpc) is 3.46. The molecule has 6 unspecified atom stereocenters. The summed E-state index contributed by atoms with van der Waals surface area (Å²) in [4.78, 5) is 39.3. The number of ether oxygens (including phenoxy) is 3. The van der Waals surface area contributed by atoms with Crippen LogP contribution in [-0.2, 0) is 29.2 Å². The zero-order valence-corrected chi connectivity index (χ0v) is 26.9. The van der Waals surface area contributed by atoms with E-state index >= 15 is 0 Å². The minimum absolute atomic E-state index is 0.0532. The van der Waals surface area contributed by atoms with E-state index in [0.717, 1.165) is 0 Å². The van der Waals surface area contributed by atoms with E-state index in [1.807, 2.05) is 45.2 Å². The molecule has 2 bridgehead atoms. The number of halogens is 2. The van der Waals surface area contributed by atoms with Gasteiger partial charge in [0.2, 0.25) is 0 Å². The number of aryl methyl sites for hydroxylation is 1. The van der Waals surface area contributed by atoms with E-state index in [1.165, 1.54) is 25.1 Å². The van der Waals surface area contributed by atoms with Gasteiger partial charge in [0.15, 0.2) is 0 Å². The highest BCUT2D eigenvalue weighted by Gasteiger charge is 2.70. The van der Waals surface area contributed by atoms with Crippen LogP contribution in [0.25, 0.3) is 0 Å². The molecule has 1 N–H and O–H groups in total. The second kappa shape index (κ2) is 10.4. The van der Waals surface area contributed by atoms with Crippen molar-refractivity contribution in [3.8, 4) is 11.5 Å². The quantitative estimate of drug-likeness (QED) is 0.195. The van der Waals surface area contributed by atoms with Gasteiger partial charge in [-0.05, 0) is 101 Å². The molecule has 2 aromatic rings. The van der Waals surface area contributed by atoms with Gasteiger partial charge in [-0.15, -0.1) is 0 Å². The highest BCUT2D eigenvalue weighted by atomic mass is 127. The summed E-state index contributed by atoms with van der Waals surface area (Å²) in [5.74, 6) is -4.61. The molecular weight excluding hydrogens is 770 g/mol. The second-order valence-corrected chi connectivity index (χ2v) is 14.4. The van der Waals surface area contributed by atoms with Crippen LogP contribution in [0.4, 0.5) is 0 Å². The number of benzene rings is 2. The van der Waals surface area contributed by atoms with Crippen molar-refractivity contribution in [3.05, 3.63) is 47.6 Å². The topological polar surface area (TPSA) is 156 Å². The molecule has 1 saturated heterocycles. The van der Waals surface area contributed by atoms with Crippen molar-refractivity contribution in [2.75, 3.05) is 0 Å². The molecule has 5 rings (SSSR count). The van der Waals surface area contributed by atoms with Crippen LogP contribution in [0.15, 0.2) is 23.1 Å². The van der Waals surface area contributed by atoms with Crippen LogP contribution in [0, 0.1) is 44.7 Å². The summed E-state index contributed by atoms with van der Waals surface area (Å²) in [6.07, 6.45) is -1.09. The van der Waals surface area contributed by atoms with E-state index < -0.39 is 58.0 Å². The van der Waals surface area contributed by atoms with Crippen molar-refractivity contribution >= 4 is 73.2 Å². The number of phenolic OH excluding ortho intramolecular Hbond substituents is 1. The first-order valence-electron chi connectivity index (χ1n) is 12.5. The highest BCUT2D eigenvalue weighted by Crippen LogP contribution is 2.59.